The SMILES string of the molecule is COc1cccc(/C=N/n2c(N)c(C(=O)NCCC3=CCCCC3)c3nc4ccccc4nc32)c1OC. The number of nitrogens with zero attached hydrogens (tertiary/aromatic N) is 4. The molecular weight excluding hydrogens is 468 g/mol. The van der Waals surface area contributed by atoms with Gasteiger partial charge in [0, 0.05) is 12.1 Å². The number of nitrogens with two attached hydrogens (primary N) is 1. The normalized spacial score (nSPS) is 13.7. The van der Waals surface area contributed by atoms with E-state index in [1.54, 1.807) is 26.5 Å². The summed E-state index contributed by atoms with van der Waals surface area (Å²) in [6, 6.07) is 13.0. The number of amides is 1. The van der Waals surface area contributed by atoms with Crippen molar-refractivity contribution in [2.75, 3.05) is 26.5 Å². The van der Waals surface area contributed by atoms with E-state index >= 15 is 0 Å². The molecule has 2 aromatic carbocycles. The number of nitrogen functional groups attached to an aromatic ring is 1. The zero-order valence-corrected chi connectivity index (χ0v) is 21.0. The third-order valence-electron chi connectivity index (χ3n) is 6.56. The molecule has 2 aromatic heterocycles. The van der Waals surface area contributed by atoms with Crippen LogP contribution >= 0.6 is 0 Å². The minimum absolute atomic E-state index is 0.165. The highest BCUT2D eigenvalue weighted by Gasteiger charge is 2.24. The third kappa shape index (κ3) is 4.84. The number of para-hydroxylation sites is 3. The molecule has 1 aliphatic carbocycles. The number of allylic oxidation sites excluding steroid dienone is 1. The maximum absolute atomic E-state index is 13.3. The zero-order chi connectivity index (χ0) is 25.8. The van der Waals surface area contributed by atoms with E-state index in [0.717, 1.165) is 19.3 Å². The Kier molecular flexibility index (Phi) is 7.02. The van der Waals surface area contributed by atoms with E-state index in [0.29, 0.717) is 45.8 Å². The average molecular weight is 499 g/mol. The van der Waals surface area contributed by atoms with Gasteiger partial charge >= 0.3 is 0 Å². The Hall–Kier alpha value is -4.40. The molecule has 0 aliphatic heterocycles. The maximum atomic E-state index is 13.3. The predicted molar refractivity (Wildman–Crippen MR) is 145 cm³/mol. The summed E-state index contributed by atoms with van der Waals surface area (Å²) in [5.41, 5.74) is 11.0. The van der Waals surface area contributed by atoms with Crippen LogP contribution < -0.4 is 20.5 Å². The van der Waals surface area contributed by atoms with E-state index in [4.69, 9.17) is 25.2 Å². The van der Waals surface area contributed by atoms with E-state index < -0.39 is 0 Å². The standard InChI is InChI=1S/C28H30N6O3/c1-36-22-14-8-11-19(25(22)37-2)17-31-34-26(29)23(28(35)30-16-15-18-9-4-3-5-10-18)24-27(34)33-21-13-7-6-12-20(21)32-24/h6-9,11-14,17H,3-5,10,15-16,29H2,1-2H3,(H,30,35)/b31-17+. The van der Waals surface area contributed by atoms with E-state index in [1.807, 2.05) is 36.4 Å². The van der Waals surface area contributed by atoms with Gasteiger partial charge in [0.15, 0.2) is 17.1 Å². The second kappa shape index (κ2) is 10.7. The number of benzene rings is 2. The van der Waals surface area contributed by atoms with Gasteiger partial charge in [0.25, 0.3) is 5.91 Å². The Bertz CT molecular complexity index is 1520. The van der Waals surface area contributed by atoms with Crippen LogP contribution in [0.3, 0.4) is 0 Å². The van der Waals surface area contributed by atoms with Crippen molar-refractivity contribution in [2.45, 2.75) is 32.1 Å². The van der Waals surface area contributed by atoms with Gasteiger partial charge in [0.1, 0.15) is 16.9 Å². The summed E-state index contributed by atoms with van der Waals surface area (Å²) >= 11 is 0. The summed E-state index contributed by atoms with van der Waals surface area (Å²) < 4.78 is 12.4. The zero-order valence-electron chi connectivity index (χ0n) is 21.0. The first-order valence-electron chi connectivity index (χ1n) is 12.4. The Labute approximate surface area is 215 Å². The molecule has 0 atom stereocenters. The van der Waals surface area contributed by atoms with Gasteiger partial charge in [-0.05, 0) is 56.4 Å². The van der Waals surface area contributed by atoms with Crippen LogP contribution in [0.1, 0.15) is 48.0 Å². The number of nitrogens with one attached hydrogen (secondary N) is 1. The molecule has 2 heterocycles. The van der Waals surface area contributed by atoms with Crippen molar-refractivity contribution in [3.8, 4) is 11.5 Å². The molecule has 5 rings (SSSR count). The van der Waals surface area contributed by atoms with Crippen LogP contribution in [0, 0.1) is 0 Å². The summed E-state index contributed by atoms with van der Waals surface area (Å²) in [7, 11) is 3.14. The number of carbonyl (C=O) groups excluding carboxylic acids is 1. The van der Waals surface area contributed by atoms with Gasteiger partial charge in [-0.15, -0.1) is 0 Å². The number of hydrogen-bond acceptors (Lipinski definition) is 7. The van der Waals surface area contributed by atoms with Crippen molar-refractivity contribution in [3.05, 3.63) is 65.2 Å². The highest BCUT2D eigenvalue weighted by atomic mass is 16.5. The van der Waals surface area contributed by atoms with Crippen LogP contribution in [0.25, 0.3) is 22.2 Å². The van der Waals surface area contributed by atoms with Crippen molar-refractivity contribution >= 4 is 40.1 Å². The van der Waals surface area contributed by atoms with Gasteiger partial charge in [-0.1, -0.05) is 29.8 Å². The van der Waals surface area contributed by atoms with E-state index in [1.165, 1.54) is 23.1 Å². The number of fused-ring (bicyclic) bond motifs is 2. The Morgan fingerprint density at radius 1 is 1.11 bits per heavy atom. The number of aromatic nitrogens is 3. The van der Waals surface area contributed by atoms with Gasteiger partial charge in [0.2, 0.25) is 0 Å². The van der Waals surface area contributed by atoms with Crippen LogP contribution in [0.15, 0.2) is 59.2 Å². The highest BCUT2D eigenvalue weighted by Crippen LogP contribution is 2.31. The summed E-state index contributed by atoms with van der Waals surface area (Å²) in [6.07, 6.45) is 9.37. The molecule has 0 saturated carbocycles. The minimum atomic E-state index is -0.295. The van der Waals surface area contributed by atoms with Crippen molar-refractivity contribution in [2.24, 2.45) is 5.10 Å². The largest absolute Gasteiger partial charge is 0.493 e. The number of methoxy groups -OCH3 is 2. The molecule has 37 heavy (non-hydrogen) atoms. The number of carbonyl (C=O) groups is 1. The second-order valence-electron chi connectivity index (χ2n) is 8.90. The van der Waals surface area contributed by atoms with Crippen LogP contribution in [0.4, 0.5) is 5.82 Å². The van der Waals surface area contributed by atoms with Gasteiger partial charge in [0.05, 0.1) is 31.5 Å². The lowest BCUT2D eigenvalue weighted by Gasteiger charge is -2.13. The first-order chi connectivity index (χ1) is 18.1. The Morgan fingerprint density at radius 3 is 2.65 bits per heavy atom. The van der Waals surface area contributed by atoms with Crippen LogP contribution in [-0.4, -0.2) is 47.5 Å². The molecule has 0 fully saturated rings. The van der Waals surface area contributed by atoms with Gasteiger partial charge < -0.3 is 20.5 Å². The fourth-order valence-electron chi connectivity index (χ4n) is 4.68. The molecule has 3 N–H and O–H groups in total. The molecule has 1 amide bonds. The van der Waals surface area contributed by atoms with Crippen LogP contribution in [0.2, 0.25) is 0 Å². The first-order valence-corrected chi connectivity index (χ1v) is 12.4. The highest BCUT2D eigenvalue weighted by molar-refractivity contribution is 6.10. The van der Waals surface area contributed by atoms with E-state index in [2.05, 4.69) is 16.5 Å². The predicted octanol–water partition coefficient (Wildman–Crippen LogP) is 4.69. The van der Waals surface area contributed by atoms with Crippen molar-refractivity contribution < 1.29 is 14.3 Å². The first kappa shape index (κ1) is 24.3. The molecular formula is C28H30N6O3. The molecule has 0 unspecified atom stereocenters. The van der Waals surface area contributed by atoms with Crippen molar-refractivity contribution in [1.29, 1.82) is 0 Å². The lowest BCUT2D eigenvalue weighted by molar-refractivity contribution is 0.0956. The minimum Gasteiger partial charge on any atom is -0.493 e. The fourth-order valence-corrected chi connectivity index (χ4v) is 4.68. The van der Waals surface area contributed by atoms with Gasteiger partial charge in [-0.25, -0.2) is 9.97 Å². The number of ether oxygens (including phenoxy) is 2. The summed E-state index contributed by atoms with van der Waals surface area (Å²) in [4.78, 5) is 22.8. The maximum Gasteiger partial charge on any atom is 0.257 e. The van der Waals surface area contributed by atoms with Crippen LogP contribution in [0.5, 0.6) is 11.5 Å². The number of anilines is 1. The van der Waals surface area contributed by atoms with E-state index in [-0.39, 0.29) is 17.3 Å². The van der Waals surface area contributed by atoms with Gasteiger partial charge in [-0.3, -0.25) is 4.79 Å². The Balaban J connectivity index is 1.54. The quantitative estimate of drug-likeness (QED) is 0.269. The Morgan fingerprint density at radius 2 is 1.92 bits per heavy atom. The smallest absolute Gasteiger partial charge is 0.257 e. The van der Waals surface area contributed by atoms with Crippen LogP contribution in [-0.2, 0) is 0 Å². The fraction of sp³-hybridized carbons (Fsp3) is 0.286. The summed E-state index contributed by atoms with van der Waals surface area (Å²) in [5, 5.41) is 7.61. The molecule has 9 heteroatoms. The summed E-state index contributed by atoms with van der Waals surface area (Å²) in [6.45, 7) is 0.530. The molecule has 0 bridgehead atoms. The third-order valence-corrected chi connectivity index (χ3v) is 6.56. The van der Waals surface area contributed by atoms with Crippen molar-refractivity contribution in [1.82, 2.24) is 20.0 Å². The molecule has 0 radical (unpaired) electrons. The monoisotopic (exact) mass is 498 g/mol. The molecule has 1 aliphatic rings. The van der Waals surface area contributed by atoms with E-state index in [9.17, 15) is 4.79 Å². The molecule has 190 valence electrons. The van der Waals surface area contributed by atoms with Gasteiger partial charge in [-0.2, -0.15) is 9.78 Å². The molecule has 9 nitrogen and oxygen atoms in total. The number of rotatable bonds is 8. The molecule has 0 saturated heterocycles. The summed E-state index contributed by atoms with van der Waals surface area (Å²) in [5.74, 6) is 0.986. The lowest BCUT2D eigenvalue weighted by Crippen LogP contribution is -2.25. The molecule has 4 aromatic rings. The topological polar surface area (TPSA) is 117 Å². The lowest BCUT2D eigenvalue weighted by atomic mass is 9.97. The average Bonchev–Trinajstić information content (AvgIpc) is 3.20. The molecule has 0 spiro atoms. The second-order valence-corrected chi connectivity index (χ2v) is 8.90. The number of hydrogen-bond donors (Lipinski definition) is 2. The van der Waals surface area contributed by atoms with Crippen molar-refractivity contribution in [3.63, 3.8) is 0 Å².